The van der Waals surface area contributed by atoms with Crippen LogP contribution >= 0.6 is 0 Å². The van der Waals surface area contributed by atoms with Crippen molar-refractivity contribution < 1.29 is 37.9 Å². The molecule has 1 aromatic heterocycles. The number of ether oxygens (including phenoxy) is 3. The fraction of sp³-hybridized carbons (Fsp3) is 0.233. The van der Waals surface area contributed by atoms with Crippen molar-refractivity contribution in [3.05, 3.63) is 83.6 Å². The van der Waals surface area contributed by atoms with Crippen LogP contribution in [0.4, 0.5) is 20.2 Å². The zero-order valence-electron chi connectivity index (χ0n) is 22.2. The number of aryl methyl sites for hydroxylation is 1. The number of hydrogen-bond donors (Lipinski definition) is 3. The second kappa shape index (κ2) is 10.8. The molecule has 40 heavy (non-hydrogen) atoms. The molecule has 0 bridgehead atoms. The summed E-state index contributed by atoms with van der Waals surface area (Å²) in [5.74, 6) is -0.122. The van der Waals surface area contributed by atoms with Crippen molar-refractivity contribution in [2.45, 2.75) is 26.4 Å². The summed E-state index contributed by atoms with van der Waals surface area (Å²) in [4.78, 5) is 20.2. The van der Waals surface area contributed by atoms with E-state index in [-0.39, 0.29) is 12.5 Å². The van der Waals surface area contributed by atoms with Crippen LogP contribution in [0.1, 0.15) is 24.0 Å². The lowest BCUT2D eigenvalue weighted by atomic mass is 10.0. The van der Waals surface area contributed by atoms with Crippen molar-refractivity contribution in [3.63, 3.8) is 0 Å². The number of nitrogens with one attached hydrogen (secondary N) is 2. The first-order chi connectivity index (χ1) is 19.2. The Labute approximate surface area is 229 Å². The van der Waals surface area contributed by atoms with Gasteiger partial charge in [-0.25, -0.2) is 8.78 Å². The Hall–Kier alpha value is -4.73. The van der Waals surface area contributed by atoms with Gasteiger partial charge in [0.15, 0.2) is 16.9 Å². The lowest BCUT2D eigenvalue weighted by molar-refractivity contribution is -0.370. The van der Waals surface area contributed by atoms with E-state index in [1.165, 1.54) is 44.6 Å². The number of methoxy groups -OCH3 is 2. The molecule has 0 radical (unpaired) electrons. The average Bonchev–Trinajstić information content (AvgIpc) is 3.77. The molecule has 3 N–H and O–H groups in total. The van der Waals surface area contributed by atoms with Gasteiger partial charge >= 0.3 is 5.90 Å². The van der Waals surface area contributed by atoms with Gasteiger partial charge in [-0.2, -0.15) is 4.99 Å². The number of aliphatic hydroxyl groups excluding tert-OH is 1. The highest BCUT2D eigenvalue weighted by molar-refractivity contribution is 6.11. The van der Waals surface area contributed by atoms with Crippen LogP contribution in [0, 0.1) is 24.0 Å². The predicted molar refractivity (Wildman–Crippen MR) is 145 cm³/mol. The lowest BCUT2D eigenvalue weighted by Crippen LogP contribution is -2.69. The minimum absolute atomic E-state index is 0.0611. The van der Waals surface area contributed by atoms with Crippen molar-refractivity contribution in [3.8, 4) is 17.2 Å². The molecule has 1 fully saturated rings. The molecule has 0 spiro atoms. The molecule has 0 aliphatic heterocycles. The molecular formula is C30H28F2N3O5+. The zero-order chi connectivity index (χ0) is 28.4. The number of aliphatic hydroxyl groups is 1. The molecule has 206 valence electrons. The molecule has 8 nitrogen and oxygen atoms in total. The number of benzene rings is 3. The number of halogens is 2. The van der Waals surface area contributed by atoms with Gasteiger partial charge in [0.05, 0.1) is 19.7 Å². The molecule has 1 aliphatic rings. The topological polar surface area (TPSA) is 104 Å². The Morgan fingerprint density at radius 3 is 2.40 bits per heavy atom. The summed E-state index contributed by atoms with van der Waals surface area (Å²) in [6.45, 7) is 1.69. The summed E-state index contributed by atoms with van der Waals surface area (Å²) in [5, 5.41) is 14.1. The molecule has 1 heterocycles. The van der Waals surface area contributed by atoms with Gasteiger partial charge in [-0.1, -0.05) is 0 Å². The van der Waals surface area contributed by atoms with E-state index in [1.54, 1.807) is 37.4 Å². The smallest absolute Gasteiger partial charge is 0.354 e. The second-order valence-corrected chi connectivity index (χ2v) is 9.60. The summed E-state index contributed by atoms with van der Waals surface area (Å²) in [6, 6.07) is 13.4. The molecule has 0 saturated heterocycles. The van der Waals surface area contributed by atoms with Crippen molar-refractivity contribution in [2.24, 2.45) is 5.41 Å². The minimum Gasteiger partial charge on any atom is -0.493 e. The van der Waals surface area contributed by atoms with E-state index in [1.807, 2.05) is 0 Å². The normalized spacial score (nSPS) is 14.1. The number of carbonyl (C=O) groups excluding carboxylic acids is 1. The Morgan fingerprint density at radius 1 is 1.02 bits per heavy atom. The van der Waals surface area contributed by atoms with Crippen LogP contribution in [0.5, 0.6) is 17.2 Å². The first-order valence-corrected chi connectivity index (χ1v) is 12.6. The van der Waals surface area contributed by atoms with Crippen LogP contribution in [0.2, 0.25) is 0 Å². The Kier molecular flexibility index (Phi) is 7.25. The third-order valence-electron chi connectivity index (χ3n) is 6.98. The highest BCUT2D eigenvalue weighted by atomic mass is 19.1. The van der Waals surface area contributed by atoms with E-state index in [2.05, 4.69) is 15.3 Å². The van der Waals surface area contributed by atoms with E-state index < -0.39 is 23.0 Å². The van der Waals surface area contributed by atoms with Gasteiger partial charge in [0, 0.05) is 41.0 Å². The summed E-state index contributed by atoms with van der Waals surface area (Å²) in [7, 11) is 3.07. The number of fused-ring (bicyclic) bond motifs is 1. The SMILES string of the molecule is COc1cc2nccc(OCc3cc(C)c(NC(=O)C4(C(O)=[NH+]c5ccc(F)cc5)CC4)cc3F)c2cc1OC. The third-order valence-corrected chi connectivity index (χ3v) is 6.98. The molecule has 0 atom stereocenters. The van der Waals surface area contributed by atoms with Crippen LogP contribution in [-0.2, 0) is 11.4 Å². The van der Waals surface area contributed by atoms with Gasteiger partial charge < -0.3 is 24.6 Å². The molecule has 4 aromatic rings. The summed E-state index contributed by atoms with van der Waals surface area (Å²) < 4.78 is 45.0. The lowest BCUT2D eigenvalue weighted by Gasteiger charge is -2.15. The largest absolute Gasteiger partial charge is 0.493 e. The highest BCUT2D eigenvalue weighted by Crippen LogP contribution is 2.46. The van der Waals surface area contributed by atoms with Crippen LogP contribution in [0.3, 0.4) is 0 Å². The number of rotatable bonds is 9. The first-order valence-electron chi connectivity index (χ1n) is 12.6. The number of nitrogens with zero attached hydrogens (tertiary/aromatic N) is 1. The van der Waals surface area contributed by atoms with E-state index in [0.717, 1.165) is 0 Å². The zero-order valence-corrected chi connectivity index (χ0v) is 22.2. The number of amides is 1. The molecule has 0 unspecified atom stereocenters. The standard InChI is InChI=1S/C30H27F2N3O5/c1-17-12-18(16-40-25-8-11-33-24-15-27(39-3)26(38-2)13-21(24)25)22(32)14-23(17)35-29(37)30(9-10-30)28(36)34-20-6-4-19(31)5-7-20/h4-8,11-15H,9-10,16H2,1-3H3,(H,34,36)(H,35,37)/p+1. The molecule has 5 rings (SSSR count). The quantitative estimate of drug-likeness (QED) is 0.210. The third kappa shape index (κ3) is 5.25. The number of pyridine rings is 1. The van der Waals surface area contributed by atoms with Gasteiger partial charge in [0.25, 0.3) is 0 Å². The molecule has 3 aromatic carbocycles. The molecular weight excluding hydrogens is 520 g/mol. The van der Waals surface area contributed by atoms with Crippen molar-refractivity contribution in [1.82, 2.24) is 4.98 Å². The molecule has 1 amide bonds. The predicted octanol–water partition coefficient (Wildman–Crippen LogP) is 4.51. The summed E-state index contributed by atoms with van der Waals surface area (Å²) in [5.41, 5.74) is 1.15. The Bertz CT molecular complexity index is 1620. The fourth-order valence-corrected chi connectivity index (χ4v) is 4.44. The Balaban J connectivity index is 1.31. The van der Waals surface area contributed by atoms with Gasteiger partial charge in [0.2, 0.25) is 11.6 Å². The molecule has 1 saturated carbocycles. The van der Waals surface area contributed by atoms with Crippen LogP contribution in [0.15, 0.2) is 60.8 Å². The number of aromatic nitrogens is 1. The highest BCUT2D eigenvalue weighted by Gasteiger charge is 2.59. The van der Waals surface area contributed by atoms with Crippen LogP contribution in [-0.4, -0.2) is 36.1 Å². The van der Waals surface area contributed by atoms with Crippen LogP contribution < -0.4 is 24.5 Å². The second-order valence-electron chi connectivity index (χ2n) is 9.60. The monoisotopic (exact) mass is 548 g/mol. The molecule has 1 aliphatic carbocycles. The summed E-state index contributed by atoms with van der Waals surface area (Å²) >= 11 is 0. The van der Waals surface area contributed by atoms with Gasteiger partial charge in [0.1, 0.15) is 24.0 Å². The van der Waals surface area contributed by atoms with E-state index in [0.29, 0.717) is 63.5 Å². The van der Waals surface area contributed by atoms with E-state index in [4.69, 9.17) is 14.2 Å². The van der Waals surface area contributed by atoms with Crippen molar-refractivity contribution >= 4 is 34.1 Å². The fourth-order valence-electron chi connectivity index (χ4n) is 4.44. The number of hydrogen-bond acceptors (Lipinski definition) is 5. The van der Waals surface area contributed by atoms with Gasteiger partial charge in [-0.3, -0.25) is 9.78 Å². The average molecular weight is 549 g/mol. The maximum absolute atomic E-state index is 15.1. The summed E-state index contributed by atoms with van der Waals surface area (Å²) in [6.07, 6.45) is 2.43. The number of anilines is 1. The Morgan fingerprint density at radius 2 is 1.73 bits per heavy atom. The van der Waals surface area contributed by atoms with Gasteiger partial charge in [-0.15, -0.1) is 0 Å². The van der Waals surface area contributed by atoms with Crippen molar-refractivity contribution in [2.75, 3.05) is 19.5 Å². The first kappa shape index (κ1) is 26.9. The molecule has 10 heteroatoms. The minimum atomic E-state index is -1.15. The van der Waals surface area contributed by atoms with Crippen LogP contribution in [0.25, 0.3) is 10.9 Å². The number of carbonyl (C=O) groups is 1. The van der Waals surface area contributed by atoms with Gasteiger partial charge in [-0.05, 0) is 61.7 Å². The van der Waals surface area contributed by atoms with E-state index in [9.17, 15) is 14.3 Å². The van der Waals surface area contributed by atoms with Crippen molar-refractivity contribution in [1.29, 1.82) is 0 Å². The maximum atomic E-state index is 15.1. The maximum Gasteiger partial charge on any atom is 0.354 e. The van der Waals surface area contributed by atoms with E-state index >= 15 is 4.39 Å².